The van der Waals surface area contributed by atoms with Gasteiger partial charge < -0.3 is 14.2 Å². The molecule has 0 aromatic heterocycles. The van der Waals surface area contributed by atoms with E-state index in [9.17, 15) is 9.18 Å². The molecule has 0 atom stereocenters. The summed E-state index contributed by atoms with van der Waals surface area (Å²) in [5.41, 5.74) is 3.20. The van der Waals surface area contributed by atoms with Crippen molar-refractivity contribution in [2.24, 2.45) is 5.10 Å². The molecule has 2 rings (SSSR count). The fourth-order valence-corrected chi connectivity index (χ4v) is 1.97. The molecule has 2 aromatic rings. The van der Waals surface area contributed by atoms with E-state index in [-0.39, 0.29) is 5.75 Å². The van der Waals surface area contributed by atoms with Crippen LogP contribution in [-0.4, -0.2) is 33.5 Å². The van der Waals surface area contributed by atoms with E-state index in [1.54, 1.807) is 18.2 Å². The Kier molecular flexibility index (Phi) is 5.73. The Balaban J connectivity index is 2.06. The molecule has 24 heavy (non-hydrogen) atoms. The Morgan fingerprint density at radius 2 is 1.67 bits per heavy atom. The molecule has 0 radical (unpaired) electrons. The van der Waals surface area contributed by atoms with E-state index in [2.05, 4.69) is 10.5 Å². The van der Waals surface area contributed by atoms with Gasteiger partial charge in [-0.3, -0.25) is 4.79 Å². The summed E-state index contributed by atoms with van der Waals surface area (Å²) in [7, 11) is 4.38. The lowest BCUT2D eigenvalue weighted by atomic mass is 10.2. The summed E-state index contributed by atoms with van der Waals surface area (Å²) in [4.78, 5) is 12.1. The fraction of sp³-hybridized carbons (Fsp3) is 0.176. The van der Waals surface area contributed by atoms with Crippen LogP contribution in [0, 0.1) is 5.82 Å². The van der Waals surface area contributed by atoms with Crippen molar-refractivity contribution in [3.8, 4) is 17.2 Å². The van der Waals surface area contributed by atoms with Crippen LogP contribution in [-0.2, 0) is 0 Å². The van der Waals surface area contributed by atoms with E-state index in [1.165, 1.54) is 45.7 Å². The summed E-state index contributed by atoms with van der Waals surface area (Å²) in [6, 6.07) is 9.10. The minimum absolute atomic E-state index is 0.140. The van der Waals surface area contributed by atoms with E-state index in [1.807, 2.05) is 0 Å². The first-order valence-electron chi connectivity index (χ1n) is 6.98. The summed E-state index contributed by atoms with van der Waals surface area (Å²) in [6.45, 7) is 0. The monoisotopic (exact) mass is 332 g/mol. The number of hydrazone groups is 1. The van der Waals surface area contributed by atoms with Gasteiger partial charge in [-0.15, -0.1) is 0 Å². The highest BCUT2D eigenvalue weighted by Crippen LogP contribution is 2.27. The first-order valence-corrected chi connectivity index (χ1v) is 6.98. The van der Waals surface area contributed by atoms with Crippen molar-refractivity contribution in [2.45, 2.75) is 0 Å². The van der Waals surface area contributed by atoms with Gasteiger partial charge in [-0.25, -0.2) is 9.82 Å². The lowest BCUT2D eigenvalue weighted by Crippen LogP contribution is -2.17. The molecule has 0 bridgehead atoms. The van der Waals surface area contributed by atoms with E-state index in [0.717, 1.165) is 0 Å². The van der Waals surface area contributed by atoms with Gasteiger partial charge in [0.05, 0.1) is 27.5 Å². The van der Waals surface area contributed by atoms with Gasteiger partial charge in [0.15, 0.2) is 23.1 Å². The van der Waals surface area contributed by atoms with Crippen molar-refractivity contribution in [1.82, 2.24) is 5.43 Å². The van der Waals surface area contributed by atoms with Gasteiger partial charge in [-0.2, -0.15) is 5.10 Å². The van der Waals surface area contributed by atoms with Crippen LogP contribution in [0.4, 0.5) is 4.39 Å². The Morgan fingerprint density at radius 3 is 2.29 bits per heavy atom. The Hall–Kier alpha value is -3.09. The molecule has 0 spiro atoms. The zero-order chi connectivity index (χ0) is 17.5. The molecular weight excluding hydrogens is 315 g/mol. The van der Waals surface area contributed by atoms with Crippen molar-refractivity contribution in [1.29, 1.82) is 0 Å². The first-order chi connectivity index (χ1) is 11.6. The Labute approximate surface area is 138 Å². The third kappa shape index (κ3) is 4.01. The molecule has 1 amide bonds. The number of hydrogen-bond donors (Lipinski definition) is 1. The predicted molar refractivity (Wildman–Crippen MR) is 87.6 cm³/mol. The zero-order valence-corrected chi connectivity index (χ0v) is 13.5. The van der Waals surface area contributed by atoms with Gasteiger partial charge in [-0.05, 0) is 42.0 Å². The number of nitrogens with one attached hydrogen (secondary N) is 1. The smallest absolute Gasteiger partial charge is 0.271 e. The van der Waals surface area contributed by atoms with E-state index >= 15 is 0 Å². The van der Waals surface area contributed by atoms with E-state index in [4.69, 9.17) is 14.2 Å². The number of amides is 1. The molecule has 0 unspecified atom stereocenters. The van der Waals surface area contributed by atoms with Gasteiger partial charge >= 0.3 is 0 Å². The van der Waals surface area contributed by atoms with Gasteiger partial charge in [-0.1, -0.05) is 0 Å². The summed E-state index contributed by atoms with van der Waals surface area (Å²) in [6.07, 6.45) is 1.33. The van der Waals surface area contributed by atoms with Gasteiger partial charge in [0.2, 0.25) is 0 Å². The largest absolute Gasteiger partial charge is 0.494 e. The molecule has 7 heteroatoms. The maximum atomic E-state index is 13.6. The summed E-state index contributed by atoms with van der Waals surface area (Å²) >= 11 is 0. The number of halogens is 1. The highest BCUT2D eigenvalue weighted by atomic mass is 19.1. The third-order valence-corrected chi connectivity index (χ3v) is 3.20. The normalized spacial score (nSPS) is 10.5. The lowest BCUT2D eigenvalue weighted by molar-refractivity contribution is 0.0954. The van der Waals surface area contributed by atoms with Gasteiger partial charge in [0.1, 0.15) is 0 Å². The SMILES string of the molecule is COc1ccc(/C=N\NC(=O)c2ccc(OC)c(OC)c2)cc1F. The van der Waals surface area contributed by atoms with Crippen molar-refractivity contribution < 1.29 is 23.4 Å². The quantitative estimate of drug-likeness (QED) is 0.652. The molecular formula is C17H17FN2O4. The molecule has 6 nitrogen and oxygen atoms in total. The molecule has 0 aliphatic carbocycles. The number of carbonyl (C=O) groups excluding carboxylic acids is 1. The zero-order valence-electron chi connectivity index (χ0n) is 13.5. The highest BCUT2D eigenvalue weighted by molar-refractivity contribution is 5.95. The number of hydrogen-bond acceptors (Lipinski definition) is 5. The number of ether oxygens (including phenoxy) is 3. The Bertz CT molecular complexity index is 762. The van der Waals surface area contributed by atoms with E-state index < -0.39 is 11.7 Å². The van der Waals surface area contributed by atoms with Crippen LogP contribution in [0.25, 0.3) is 0 Å². The molecule has 0 aliphatic heterocycles. The number of rotatable bonds is 6. The predicted octanol–water partition coefficient (Wildman–Crippen LogP) is 2.62. The number of nitrogens with zero attached hydrogens (tertiary/aromatic N) is 1. The second-order valence-electron chi connectivity index (χ2n) is 4.66. The van der Waals surface area contributed by atoms with Gasteiger partial charge in [0.25, 0.3) is 5.91 Å². The van der Waals surface area contributed by atoms with Crippen molar-refractivity contribution in [3.05, 3.63) is 53.3 Å². The van der Waals surface area contributed by atoms with Crippen LogP contribution in [0.5, 0.6) is 17.2 Å². The molecule has 1 N–H and O–H groups in total. The molecule has 0 aliphatic rings. The van der Waals surface area contributed by atoms with Crippen LogP contribution >= 0.6 is 0 Å². The van der Waals surface area contributed by atoms with Crippen LogP contribution in [0.3, 0.4) is 0 Å². The highest BCUT2D eigenvalue weighted by Gasteiger charge is 2.10. The minimum Gasteiger partial charge on any atom is -0.494 e. The summed E-state index contributed by atoms with van der Waals surface area (Å²) < 4.78 is 28.6. The molecule has 0 heterocycles. The molecule has 0 saturated carbocycles. The van der Waals surface area contributed by atoms with Crippen molar-refractivity contribution in [3.63, 3.8) is 0 Å². The molecule has 0 saturated heterocycles. The summed E-state index contributed by atoms with van der Waals surface area (Å²) in [5.74, 6) is 0.160. The maximum Gasteiger partial charge on any atom is 0.271 e. The van der Waals surface area contributed by atoms with Crippen LogP contribution < -0.4 is 19.6 Å². The average molecular weight is 332 g/mol. The number of methoxy groups -OCH3 is 3. The summed E-state index contributed by atoms with van der Waals surface area (Å²) in [5, 5.41) is 3.81. The van der Waals surface area contributed by atoms with Crippen molar-refractivity contribution in [2.75, 3.05) is 21.3 Å². The van der Waals surface area contributed by atoms with Crippen LogP contribution in [0.1, 0.15) is 15.9 Å². The average Bonchev–Trinajstić information content (AvgIpc) is 2.61. The molecule has 0 fully saturated rings. The topological polar surface area (TPSA) is 69.2 Å². The third-order valence-electron chi connectivity index (χ3n) is 3.20. The van der Waals surface area contributed by atoms with Crippen LogP contribution in [0.2, 0.25) is 0 Å². The second-order valence-corrected chi connectivity index (χ2v) is 4.66. The second kappa shape index (κ2) is 7.96. The van der Waals surface area contributed by atoms with Gasteiger partial charge in [0, 0.05) is 5.56 Å². The van der Waals surface area contributed by atoms with Crippen molar-refractivity contribution >= 4 is 12.1 Å². The number of carbonyl (C=O) groups is 1. The van der Waals surface area contributed by atoms with Crippen LogP contribution in [0.15, 0.2) is 41.5 Å². The standard InChI is InChI=1S/C17H17FN2O4/c1-22-14-6-4-11(8-13(14)18)10-19-20-17(21)12-5-7-15(23-2)16(9-12)24-3/h4-10H,1-3H3,(H,20,21)/b19-10-. The Morgan fingerprint density at radius 1 is 1.00 bits per heavy atom. The molecule has 2 aromatic carbocycles. The molecule has 126 valence electrons. The number of benzene rings is 2. The van der Waals surface area contributed by atoms with E-state index in [0.29, 0.717) is 22.6 Å². The maximum absolute atomic E-state index is 13.6. The minimum atomic E-state index is -0.507. The lowest BCUT2D eigenvalue weighted by Gasteiger charge is -2.08. The fourth-order valence-electron chi connectivity index (χ4n) is 1.97. The first kappa shape index (κ1) is 17.3.